The van der Waals surface area contributed by atoms with E-state index >= 15 is 0 Å². The molecule has 142 valence electrons. The number of nitrogens with one attached hydrogen (secondary N) is 2. The van der Waals surface area contributed by atoms with Gasteiger partial charge in [-0.25, -0.2) is 4.98 Å². The fourth-order valence-electron chi connectivity index (χ4n) is 2.04. The normalized spacial score (nSPS) is 11.3. The molecule has 27 heavy (non-hydrogen) atoms. The summed E-state index contributed by atoms with van der Waals surface area (Å²) in [5.74, 6) is -2.41. The van der Waals surface area contributed by atoms with Gasteiger partial charge in [-0.1, -0.05) is 6.07 Å². The Morgan fingerprint density at radius 3 is 2.74 bits per heavy atom. The largest absolute Gasteiger partial charge is 0.481 e. The summed E-state index contributed by atoms with van der Waals surface area (Å²) in [7, 11) is 0. The molecule has 0 bridgehead atoms. The Kier molecular flexibility index (Phi) is 6.77. The van der Waals surface area contributed by atoms with Crippen LogP contribution in [0.15, 0.2) is 34.9 Å². The van der Waals surface area contributed by atoms with Crippen molar-refractivity contribution in [2.75, 3.05) is 6.54 Å². The predicted molar refractivity (Wildman–Crippen MR) is 97.3 cm³/mol. The van der Waals surface area contributed by atoms with Crippen LogP contribution < -0.4 is 22.1 Å². The third-order valence-corrected chi connectivity index (χ3v) is 3.89. The molecule has 0 aliphatic carbocycles. The second-order valence-corrected chi connectivity index (χ2v) is 6.08. The van der Waals surface area contributed by atoms with Crippen LogP contribution >= 0.6 is 11.3 Å². The molecule has 2 rings (SSSR count). The van der Waals surface area contributed by atoms with Crippen molar-refractivity contribution in [1.29, 1.82) is 0 Å². The summed E-state index contributed by atoms with van der Waals surface area (Å²) < 4.78 is 0. The van der Waals surface area contributed by atoms with Crippen LogP contribution in [0.25, 0.3) is 0 Å². The predicted octanol–water partition coefficient (Wildman–Crippen LogP) is -0.495. The number of nitrogens with two attached hydrogens (primary N) is 2. The van der Waals surface area contributed by atoms with Crippen LogP contribution in [0, 0.1) is 0 Å². The van der Waals surface area contributed by atoms with Gasteiger partial charge in [-0.15, -0.1) is 11.3 Å². The molecule has 0 spiro atoms. The van der Waals surface area contributed by atoms with Crippen LogP contribution in [0.5, 0.6) is 0 Å². The van der Waals surface area contributed by atoms with E-state index in [1.54, 1.807) is 12.1 Å². The lowest BCUT2D eigenvalue weighted by Crippen LogP contribution is -2.39. The highest BCUT2D eigenvalue weighted by Gasteiger charge is 2.19. The van der Waals surface area contributed by atoms with Gasteiger partial charge in [0.05, 0.1) is 19.0 Å². The summed E-state index contributed by atoms with van der Waals surface area (Å²) in [5.41, 5.74) is 11.1. The number of rotatable bonds is 8. The molecule has 11 nitrogen and oxygen atoms in total. The number of carbonyl (C=O) groups is 3. The summed E-state index contributed by atoms with van der Waals surface area (Å²) in [4.78, 5) is 46.7. The number of guanidine groups is 1. The summed E-state index contributed by atoms with van der Waals surface area (Å²) in [5, 5.41) is 15.6. The summed E-state index contributed by atoms with van der Waals surface area (Å²) in [6.07, 6.45) is 2.68. The SMILES string of the molecule is NC(N)=Nc1nc(C(=O)NCC(=O)N[C@@H](CC(=O)O)c2cccnc2)cs1. The Hall–Kier alpha value is -3.54. The van der Waals surface area contributed by atoms with Gasteiger partial charge in [0, 0.05) is 17.8 Å². The van der Waals surface area contributed by atoms with E-state index in [0.29, 0.717) is 5.56 Å². The number of hydrogen-bond donors (Lipinski definition) is 5. The highest BCUT2D eigenvalue weighted by atomic mass is 32.1. The fourth-order valence-corrected chi connectivity index (χ4v) is 2.72. The Balaban J connectivity index is 1.93. The average molecular weight is 391 g/mol. The molecule has 0 aliphatic heterocycles. The number of carboxylic acid groups (broad SMARTS) is 1. The van der Waals surface area contributed by atoms with Gasteiger partial charge in [-0.2, -0.15) is 4.99 Å². The number of hydrogen-bond acceptors (Lipinski definition) is 7. The van der Waals surface area contributed by atoms with Crippen LogP contribution in [-0.2, 0) is 9.59 Å². The van der Waals surface area contributed by atoms with Crippen LogP contribution in [-0.4, -0.2) is 45.4 Å². The van der Waals surface area contributed by atoms with Gasteiger partial charge in [0.2, 0.25) is 11.0 Å². The molecular formula is C15H17N7O4S. The first-order valence-electron chi connectivity index (χ1n) is 7.59. The van der Waals surface area contributed by atoms with E-state index in [0.717, 1.165) is 11.3 Å². The van der Waals surface area contributed by atoms with Crippen LogP contribution in [0.3, 0.4) is 0 Å². The van der Waals surface area contributed by atoms with Crippen molar-refractivity contribution in [1.82, 2.24) is 20.6 Å². The van der Waals surface area contributed by atoms with Crippen molar-refractivity contribution in [3.05, 3.63) is 41.2 Å². The van der Waals surface area contributed by atoms with Gasteiger partial charge in [0.25, 0.3) is 5.91 Å². The monoisotopic (exact) mass is 391 g/mol. The molecule has 0 fully saturated rings. The van der Waals surface area contributed by atoms with Crippen molar-refractivity contribution in [2.24, 2.45) is 16.5 Å². The third-order valence-electron chi connectivity index (χ3n) is 3.16. The van der Waals surface area contributed by atoms with Crippen molar-refractivity contribution in [3.8, 4) is 0 Å². The smallest absolute Gasteiger partial charge is 0.305 e. The molecule has 2 amide bonds. The number of carboxylic acids is 1. The van der Waals surface area contributed by atoms with Crippen LogP contribution in [0.4, 0.5) is 5.13 Å². The first-order valence-corrected chi connectivity index (χ1v) is 8.47. The van der Waals surface area contributed by atoms with Gasteiger partial charge in [0.15, 0.2) is 5.96 Å². The summed E-state index contributed by atoms with van der Waals surface area (Å²) >= 11 is 1.06. The molecule has 7 N–H and O–H groups in total. The molecule has 0 saturated heterocycles. The zero-order valence-electron chi connectivity index (χ0n) is 14.0. The molecular weight excluding hydrogens is 374 g/mol. The van der Waals surface area contributed by atoms with E-state index in [9.17, 15) is 14.4 Å². The lowest BCUT2D eigenvalue weighted by molar-refractivity contribution is -0.137. The van der Waals surface area contributed by atoms with Gasteiger partial charge in [0.1, 0.15) is 5.69 Å². The minimum absolute atomic E-state index is 0.0575. The molecule has 1 atom stereocenters. The quantitative estimate of drug-likeness (QED) is 0.294. The van der Waals surface area contributed by atoms with Gasteiger partial charge >= 0.3 is 5.97 Å². The van der Waals surface area contributed by atoms with Crippen LogP contribution in [0.1, 0.15) is 28.5 Å². The number of amides is 2. The third kappa shape index (κ3) is 6.36. The van der Waals surface area contributed by atoms with Crippen molar-refractivity contribution >= 4 is 40.2 Å². The molecule has 2 heterocycles. The average Bonchev–Trinajstić information content (AvgIpc) is 3.07. The van der Waals surface area contributed by atoms with Gasteiger partial charge in [-0.3, -0.25) is 19.4 Å². The number of nitrogens with zero attached hydrogens (tertiary/aromatic N) is 3. The maximum atomic E-state index is 12.1. The number of thiazole rings is 1. The zero-order chi connectivity index (χ0) is 19.8. The number of pyridine rings is 1. The van der Waals surface area contributed by atoms with E-state index in [1.807, 2.05) is 0 Å². The maximum absolute atomic E-state index is 12.1. The number of carbonyl (C=O) groups excluding carboxylic acids is 2. The highest BCUT2D eigenvalue weighted by molar-refractivity contribution is 7.13. The Labute approximate surface area is 157 Å². The fraction of sp³-hybridized carbons (Fsp3) is 0.200. The summed E-state index contributed by atoms with van der Waals surface area (Å²) in [6.45, 7) is -0.357. The molecule has 0 unspecified atom stereocenters. The number of aliphatic carboxylic acids is 1. The maximum Gasteiger partial charge on any atom is 0.305 e. The molecule has 0 saturated carbocycles. The second-order valence-electron chi connectivity index (χ2n) is 5.24. The minimum atomic E-state index is -1.08. The number of aromatic nitrogens is 2. The molecule has 0 aromatic carbocycles. The zero-order valence-corrected chi connectivity index (χ0v) is 14.8. The second kappa shape index (κ2) is 9.24. The van der Waals surface area contributed by atoms with Crippen molar-refractivity contribution in [2.45, 2.75) is 12.5 Å². The Morgan fingerprint density at radius 2 is 2.11 bits per heavy atom. The Bertz CT molecular complexity index is 849. The summed E-state index contributed by atoms with van der Waals surface area (Å²) in [6, 6.07) is 2.52. The molecule has 0 radical (unpaired) electrons. The van der Waals surface area contributed by atoms with E-state index in [2.05, 4.69) is 25.6 Å². The molecule has 2 aromatic rings. The van der Waals surface area contributed by atoms with E-state index in [-0.39, 0.29) is 29.8 Å². The van der Waals surface area contributed by atoms with Gasteiger partial charge < -0.3 is 27.2 Å². The van der Waals surface area contributed by atoms with Crippen molar-refractivity contribution in [3.63, 3.8) is 0 Å². The minimum Gasteiger partial charge on any atom is -0.481 e. The Morgan fingerprint density at radius 1 is 1.33 bits per heavy atom. The van der Waals surface area contributed by atoms with E-state index < -0.39 is 23.8 Å². The lowest BCUT2D eigenvalue weighted by Gasteiger charge is -2.17. The first-order chi connectivity index (χ1) is 12.8. The molecule has 2 aromatic heterocycles. The van der Waals surface area contributed by atoms with E-state index in [4.69, 9.17) is 16.6 Å². The van der Waals surface area contributed by atoms with E-state index in [1.165, 1.54) is 17.8 Å². The molecule has 0 aliphatic rings. The first kappa shape index (κ1) is 19.8. The van der Waals surface area contributed by atoms with Crippen LogP contribution in [0.2, 0.25) is 0 Å². The lowest BCUT2D eigenvalue weighted by atomic mass is 10.1. The highest BCUT2D eigenvalue weighted by Crippen LogP contribution is 2.18. The topological polar surface area (TPSA) is 186 Å². The standard InChI is InChI=1S/C15H17N7O4S/c16-14(17)22-15-21-10(7-27-15)13(26)19-6-11(23)20-9(4-12(24)25)8-2-1-3-18-5-8/h1-3,5,7,9H,4,6H2,(H,19,26)(H,20,23)(H,24,25)(H4,16,17,21,22)/t9-/m0/s1. The number of aliphatic imine (C=N–C) groups is 1. The van der Waals surface area contributed by atoms with Crippen molar-refractivity contribution < 1.29 is 19.5 Å². The van der Waals surface area contributed by atoms with Gasteiger partial charge in [-0.05, 0) is 11.6 Å². The molecule has 12 heteroatoms.